The zero-order valence-electron chi connectivity index (χ0n) is 13.9. The monoisotopic (exact) mass is 408 g/mol. The first-order chi connectivity index (χ1) is 12.4. The van der Waals surface area contributed by atoms with Crippen molar-refractivity contribution in [1.82, 2.24) is 4.98 Å². The number of nitrogens with zero attached hydrogens (tertiary/aromatic N) is 1. The number of aliphatic hydroxyl groups is 5. The molecule has 0 bridgehead atoms. The van der Waals surface area contributed by atoms with Crippen molar-refractivity contribution in [3.63, 3.8) is 0 Å². The molecular formula is C16H23ClNO7S+. The van der Waals surface area contributed by atoms with Crippen molar-refractivity contribution in [2.75, 3.05) is 24.7 Å². The fourth-order valence-corrected chi connectivity index (χ4v) is 6.14. The lowest BCUT2D eigenvalue weighted by atomic mass is 10.1. The van der Waals surface area contributed by atoms with Crippen LogP contribution in [0.15, 0.2) is 18.5 Å². The fraction of sp³-hybridized carbons (Fsp3) is 0.688. The molecule has 5 N–H and O–H groups in total. The minimum absolute atomic E-state index is 0.0342. The average molecular weight is 409 g/mol. The van der Waals surface area contributed by atoms with Gasteiger partial charge in [-0.05, 0) is 6.07 Å². The lowest BCUT2D eigenvalue weighted by Gasteiger charge is -2.36. The highest BCUT2D eigenvalue weighted by atomic mass is 35.5. The minimum atomic E-state index is -1.05. The van der Waals surface area contributed by atoms with Gasteiger partial charge in [0.05, 0.1) is 18.2 Å². The van der Waals surface area contributed by atoms with Gasteiger partial charge in [0.1, 0.15) is 42.0 Å². The first-order valence-electron chi connectivity index (χ1n) is 8.28. The quantitative estimate of drug-likeness (QED) is 0.375. The van der Waals surface area contributed by atoms with E-state index in [2.05, 4.69) is 4.98 Å². The maximum absolute atomic E-state index is 10.6. The maximum Gasteiger partial charge on any atom is 0.186 e. The Kier molecular flexibility index (Phi) is 6.76. The summed E-state index contributed by atoms with van der Waals surface area (Å²) < 4.78 is 11.2. The highest BCUT2D eigenvalue weighted by Crippen LogP contribution is 2.33. The van der Waals surface area contributed by atoms with Gasteiger partial charge in [-0.15, -0.1) is 0 Å². The third-order valence-electron chi connectivity index (χ3n) is 4.67. The smallest absolute Gasteiger partial charge is 0.186 e. The van der Waals surface area contributed by atoms with Gasteiger partial charge in [0, 0.05) is 28.9 Å². The van der Waals surface area contributed by atoms with Gasteiger partial charge in [0.25, 0.3) is 0 Å². The normalized spacial score (nSPS) is 39.1. The van der Waals surface area contributed by atoms with Crippen molar-refractivity contribution in [3.05, 3.63) is 29.0 Å². The lowest BCUT2D eigenvalue weighted by Crippen LogP contribution is -2.50. The number of rotatable bonds is 5. The summed E-state index contributed by atoms with van der Waals surface area (Å²) >= 11 is 6.10. The van der Waals surface area contributed by atoms with Gasteiger partial charge in [0.2, 0.25) is 0 Å². The number of hydrogen-bond donors (Lipinski definition) is 5. The number of hydrogen-bond acceptors (Lipinski definition) is 8. The van der Waals surface area contributed by atoms with Crippen LogP contribution < -0.4 is 0 Å². The topological polar surface area (TPSA) is 132 Å². The van der Waals surface area contributed by atoms with E-state index in [0.29, 0.717) is 16.3 Å². The molecule has 2 aliphatic rings. The second-order valence-electron chi connectivity index (χ2n) is 6.45. The summed E-state index contributed by atoms with van der Waals surface area (Å²) in [6, 6.07) is 1.64. The summed E-state index contributed by atoms with van der Waals surface area (Å²) in [7, 11) is -0.600. The fourth-order valence-electron chi connectivity index (χ4n) is 3.25. The molecule has 0 aromatic carbocycles. The van der Waals surface area contributed by atoms with E-state index in [-0.39, 0.29) is 19.0 Å². The van der Waals surface area contributed by atoms with Crippen LogP contribution in [-0.2, 0) is 20.4 Å². The molecule has 10 heteroatoms. The van der Waals surface area contributed by atoms with Crippen LogP contribution in [-0.4, -0.2) is 91.0 Å². The van der Waals surface area contributed by atoms with Crippen LogP contribution in [0.4, 0.5) is 0 Å². The molecule has 0 spiro atoms. The third-order valence-corrected chi connectivity index (χ3v) is 7.81. The summed E-state index contributed by atoms with van der Waals surface area (Å²) in [4.78, 5) is 3.90. The van der Waals surface area contributed by atoms with Crippen molar-refractivity contribution in [3.8, 4) is 0 Å². The minimum Gasteiger partial charge on any atom is -0.391 e. The van der Waals surface area contributed by atoms with Crippen LogP contribution in [0.25, 0.3) is 0 Å². The first-order valence-corrected chi connectivity index (χ1v) is 10.3. The molecule has 8 nitrogen and oxygen atoms in total. The lowest BCUT2D eigenvalue weighted by molar-refractivity contribution is -0.273. The van der Waals surface area contributed by atoms with Gasteiger partial charge in [-0.25, -0.2) is 0 Å². The highest BCUT2D eigenvalue weighted by Gasteiger charge is 2.51. The molecule has 0 radical (unpaired) electrons. The maximum atomic E-state index is 10.6. The predicted molar refractivity (Wildman–Crippen MR) is 94.8 cm³/mol. The molecule has 3 rings (SSSR count). The Hall–Kier alpha value is -0.490. The molecule has 2 aliphatic heterocycles. The highest BCUT2D eigenvalue weighted by molar-refractivity contribution is 7.97. The molecule has 1 aromatic rings. The van der Waals surface area contributed by atoms with E-state index in [1.807, 2.05) is 0 Å². The number of aromatic nitrogens is 1. The summed E-state index contributed by atoms with van der Waals surface area (Å²) in [5, 5.41) is 49.8. The van der Waals surface area contributed by atoms with Crippen molar-refractivity contribution < 1.29 is 35.0 Å². The zero-order valence-corrected chi connectivity index (χ0v) is 15.5. The first kappa shape index (κ1) is 20.2. The van der Waals surface area contributed by atoms with Crippen molar-refractivity contribution in [2.24, 2.45) is 0 Å². The van der Waals surface area contributed by atoms with E-state index >= 15 is 0 Å². The number of pyridine rings is 1. The van der Waals surface area contributed by atoms with Crippen molar-refractivity contribution in [2.45, 2.75) is 42.1 Å². The standard InChI is InChI=1S/C16H23ClNO7S/c17-9-3-18-2-1-8(9)16-24-5-10(20)15(25-16)12(22)7-26-6-11(21)14(23)13(26)4-19/h1-3,10-16,19-23H,4-7H2/q+1/t10-,11-,12-,13-,14+,15+,16?,26?/m1/s1. The van der Waals surface area contributed by atoms with E-state index < -0.39 is 53.0 Å². The Labute approximate surface area is 158 Å². The SMILES string of the molecule is OC[C@@H]1[C@@H](O)[C@H](O)C[S+]1C[C@@H](O)[C@H]1OC(c2ccncc2Cl)OC[C@H]1O. The predicted octanol–water partition coefficient (Wildman–Crippen LogP) is -1.41. The third kappa shape index (κ3) is 4.16. The summed E-state index contributed by atoms with van der Waals surface area (Å²) in [6.45, 7) is -0.312. The van der Waals surface area contributed by atoms with E-state index in [0.717, 1.165) is 0 Å². The van der Waals surface area contributed by atoms with Crippen molar-refractivity contribution >= 4 is 22.5 Å². The molecule has 2 unspecified atom stereocenters. The Morgan fingerprint density at radius 2 is 2.08 bits per heavy atom. The molecule has 1 aromatic heterocycles. The van der Waals surface area contributed by atoms with Gasteiger partial charge in [-0.2, -0.15) is 0 Å². The van der Waals surface area contributed by atoms with Gasteiger partial charge in [-0.3, -0.25) is 4.98 Å². The molecule has 26 heavy (non-hydrogen) atoms. The van der Waals surface area contributed by atoms with Crippen LogP contribution in [0.2, 0.25) is 5.02 Å². The Bertz CT molecular complexity index is 612. The largest absolute Gasteiger partial charge is 0.391 e. The molecule has 2 saturated heterocycles. The average Bonchev–Trinajstić information content (AvgIpc) is 2.89. The summed E-state index contributed by atoms with van der Waals surface area (Å²) in [5.41, 5.74) is 0.549. The number of halogens is 1. The van der Waals surface area contributed by atoms with Crippen LogP contribution >= 0.6 is 11.6 Å². The van der Waals surface area contributed by atoms with Gasteiger partial charge in [-0.1, -0.05) is 11.6 Å². The van der Waals surface area contributed by atoms with Gasteiger partial charge < -0.3 is 35.0 Å². The van der Waals surface area contributed by atoms with Crippen LogP contribution in [0.3, 0.4) is 0 Å². The Morgan fingerprint density at radius 3 is 2.77 bits per heavy atom. The zero-order chi connectivity index (χ0) is 18.8. The Balaban J connectivity index is 1.68. The van der Waals surface area contributed by atoms with E-state index in [1.165, 1.54) is 6.20 Å². The Morgan fingerprint density at radius 1 is 1.31 bits per heavy atom. The van der Waals surface area contributed by atoms with Crippen molar-refractivity contribution in [1.29, 1.82) is 0 Å². The summed E-state index contributed by atoms with van der Waals surface area (Å²) in [6.07, 6.45) is -2.79. The van der Waals surface area contributed by atoms with E-state index in [4.69, 9.17) is 21.1 Å². The van der Waals surface area contributed by atoms with Gasteiger partial charge in [0.15, 0.2) is 11.5 Å². The van der Waals surface area contributed by atoms with E-state index in [9.17, 15) is 25.5 Å². The van der Waals surface area contributed by atoms with Gasteiger partial charge >= 0.3 is 0 Å². The van der Waals surface area contributed by atoms with Crippen LogP contribution in [0.1, 0.15) is 11.9 Å². The number of aliphatic hydroxyl groups excluding tert-OH is 5. The van der Waals surface area contributed by atoms with E-state index in [1.54, 1.807) is 12.3 Å². The molecule has 8 atom stereocenters. The molecule has 2 fully saturated rings. The van der Waals surface area contributed by atoms with Crippen LogP contribution in [0, 0.1) is 0 Å². The molecular weight excluding hydrogens is 386 g/mol. The second kappa shape index (κ2) is 8.68. The number of ether oxygens (including phenoxy) is 2. The molecule has 0 aliphatic carbocycles. The van der Waals surface area contributed by atoms with Crippen LogP contribution in [0.5, 0.6) is 0 Å². The molecule has 146 valence electrons. The molecule has 3 heterocycles. The summed E-state index contributed by atoms with van der Waals surface area (Å²) in [5.74, 6) is 0.486. The molecule has 0 amide bonds. The molecule has 0 saturated carbocycles. The second-order valence-corrected chi connectivity index (χ2v) is 9.20.